The van der Waals surface area contributed by atoms with Crippen LogP contribution in [-0.2, 0) is 12.6 Å². The molecule has 5 aromatic rings. The first-order chi connectivity index (χ1) is 16.2. The van der Waals surface area contributed by atoms with E-state index in [0.717, 1.165) is 27.5 Å². The monoisotopic (exact) mass is 455 g/mol. The first kappa shape index (κ1) is 21.7. The van der Waals surface area contributed by atoms with Crippen molar-refractivity contribution in [3.8, 4) is 16.8 Å². The molecule has 0 spiro atoms. The summed E-state index contributed by atoms with van der Waals surface area (Å²) in [6.45, 7) is 5.21. The van der Waals surface area contributed by atoms with E-state index >= 15 is 0 Å². The number of nitrogens with zero attached hydrogens (tertiary/aromatic N) is 6. The first-order valence-electron chi connectivity index (χ1n) is 10.9. The maximum atomic E-state index is 13.4. The van der Waals surface area contributed by atoms with Gasteiger partial charge in [0.1, 0.15) is 5.60 Å². The zero-order chi connectivity index (χ0) is 24.2. The van der Waals surface area contributed by atoms with Crippen LogP contribution in [0.5, 0.6) is 0 Å². The average Bonchev–Trinajstić information content (AvgIpc) is 3.08. The highest BCUT2D eigenvalue weighted by Crippen LogP contribution is 2.30. The zero-order valence-electron chi connectivity index (χ0n) is 19.7. The molecular formula is C25H25N7O2. The van der Waals surface area contributed by atoms with E-state index < -0.39 is 5.60 Å². The second-order valence-electron chi connectivity index (χ2n) is 8.81. The molecule has 0 radical (unpaired) electrons. The van der Waals surface area contributed by atoms with Crippen LogP contribution in [0, 0.1) is 6.92 Å². The number of hydrogen-bond donors (Lipinski definition) is 2. The van der Waals surface area contributed by atoms with Gasteiger partial charge in [-0.2, -0.15) is 0 Å². The van der Waals surface area contributed by atoms with Gasteiger partial charge in [0.25, 0.3) is 0 Å². The molecule has 4 aromatic heterocycles. The summed E-state index contributed by atoms with van der Waals surface area (Å²) in [6.07, 6.45) is 5.23. The Hall–Kier alpha value is -4.11. The largest absolute Gasteiger partial charge is 0.384 e. The van der Waals surface area contributed by atoms with Crippen LogP contribution in [-0.4, -0.2) is 41.2 Å². The minimum atomic E-state index is -1.08. The van der Waals surface area contributed by atoms with Gasteiger partial charge in [-0.3, -0.25) is 19.1 Å². The second-order valence-corrected chi connectivity index (χ2v) is 8.81. The summed E-state index contributed by atoms with van der Waals surface area (Å²) in [5.41, 5.74) is 4.56. The van der Waals surface area contributed by atoms with Crippen molar-refractivity contribution in [3.63, 3.8) is 0 Å². The number of aromatic nitrogens is 6. The Morgan fingerprint density at radius 3 is 2.38 bits per heavy atom. The van der Waals surface area contributed by atoms with Gasteiger partial charge in [0.15, 0.2) is 0 Å². The summed E-state index contributed by atoms with van der Waals surface area (Å²) in [5.74, 6) is 0.544. The van der Waals surface area contributed by atoms with E-state index in [-0.39, 0.29) is 5.69 Å². The van der Waals surface area contributed by atoms with Gasteiger partial charge in [0, 0.05) is 37.4 Å². The normalized spacial score (nSPS) is 11.9. The fraction of sp³-hybridized carbons (Fsp3) is 0.240. The van der Waals surface area contributed by atoms with E-state index in [0.29, 0.717) is 28.5 Å². The molecule has 34 heavy (non-hydrogen) atoms. The highest BCUT2D eigenvalue weighted by Gasteiger charge is 2.22. The van der Waals surface area contributed by atoms with Gasteiger partial charge in [-0.15, -0.1) is 0 Å². The standard InChI is InChI=1S/C25H25N7O2/c1-14-19(8-9-21(30-14)25(2,3)34)32-22-17-10-15(16-11-28-23(26-4)29-12-16)6-7-18(17)27-13-20(22)31(5)24(32)33/h6-13,34H,1-5H3,(H,26,28,29). The van der Waals surface area contributed by atoms with Gasteiger partial charge in [0.05, 0.1) is 39.8 Å². The molecule has 0 bridgehead atoms. The van der Waals surface area contributed by atoms with Crippen molar-refractivity contribution >= 4 is 27.9 Å². The minimum Gasteiger partial charge on any atom is -0.384 e. The number of rotatable bonds is 4. The number of aryl methyl sites for hydroxylation is 2. The van der Waals surface area contributed by atoms with Crippen LogP contribution in [0.15, 0.2) is 53.7 Å². The Kier molecular flexibility index (Phi) is 4.94. The lowest BCUT2D eigenvalue weighted by Gasteiger charge is -2.18. The summed E-state index contributed by atoms with van der Waals surface area (Å²) in [6, 6.07) is 9.49. The first-order valence-corrected chi connectivity index (χ1v) is 10.9. The molecule has 172 valence electrons. The Labute approximate surface area is 195 Å². The summed E-state index contributed by atoms with van der Waals surface area (Å²) < 4.78 is 3.25. The average molecular weight is 456 g/mol. The smallest absolute Gasteiger partial charge is 0.333 e. The lowest BCUT2D eigenvalue weighted by molar-refractivity contribution is 0.0737. The number of imidazole rings is 1. The maximum absolute atomic E-state index is 13.4. The Balaban J connectivity index is 1.79. The van der Waals surface area contributed by atoms with E-state index in [4.69, 9.17) is 0 Å². The Morgan fingerprint density at radius 1 is 1.00 bits per heavy atom. The summed E-state index contributed by atoms with van der Waals surface area (Å²) in [4.78, 5) is 31.2. The summed E-state index contributed by atoms with van der Waals surface area (Å²) >= 11 is 0. The number of benzene rings is 1. The minimum absolute atomic E-state index is 0.197. The quantitative estimate of drug-likeness (QED) is 0.428. The molecule has 2 N–H and O–H groups in total. The third-order valence-corrected chi connectivity index (χ3v) is 6.02. The maximum Gasteiger partial charge on any atom is 0.333 e. The highest BCUT2D eigenvalue weighted by molar-refractivity contribution is 6.04. The lowest BCUT2D eigenvalue weighted by atomic mass is 10.0. The van der Waals surface area contributed by atoms with E-state index in [1.54, 1.807) is 61.7 Å². The molecule has 0 amide bonds. The van der Waals surface area contributed by atoms with Crippen molar-refractivity contribution in [1.29, 1.82) is 0 Å². The number of hydrogen-bond acceptors (Lipinski definition) is 7. The number of anilines is 1. The number of aliphatic hydroxyl groups is 1. The molecule has 0 saturated heterocycles. The van der Waals surface area contributed by atoms with E-state index in [1.807, 2.05) is 31.2 Å². The molecular weight excluding hydrogens is 430 g/mol. The van der Waals surface area contributed by atoms with Crippen molar-refractivity contribution in [3.05, 3.63) is 70.8 Å². The van der Waals surface area contributed by atoms with Crippen LogP contribution in [0.1, 0.15) is 25.2 Å². The van der Waals surface area contributed by atoms with Crippen LogP contribution in [0.4, 0.5) is 5.95 Å². The molecule has 0 aliphatic heterocycles. The van der Waals surface area contributed by atoms with Gasteiger partial charge in [-0.05, 0) is 50.6 Å². The lowest BCUT2D eigenvalue weighted by Crippen LogP contribution is -2.23. The SMILES string of the molecule is CNc1ncc(-c2ccc3ncc4c(c3c2)n(-c2ccc(C(C)(C)O)nc2C)c(=O)n4C)cn1. The third kappa shape index (κ3) is 3.41. The summed E-state index contributed by atoms with van der Waals surface area (Å²) in [7, 11) is 3.50. The van der Waals surface area contributed by atoms with Crippen LogP contribution in [0.3, 0.4) is 0 Å². The third-order valence-electron chi connectivity index (χ3n) is 6.02. The molecule has 0 aliphatic carbocycles. The molecule has 0 atom stereocenters. The topological polar surface area (TPSA) is 111 Å². The highest BCUT2D eigenvalue weighted by atomic mass is 16.3. The molecule has 0 saturated carbocycles. The fourth-order valence-corrected chi connectivity index (χ4v) is 4.14. The van der Waals surface area contributed by atoms with Crippen molar-refractivity contribution < 1.29 is 5.11 Å². The molecule has 1 aromatic carbocycles. The predicted octanol–water partition coefficient (Wildman–Crippen LogP) is 3.31. The fourth-order valence-electron chi connectivity index (χ4n) is 4.14. The zero-order valence-corrected chi connectivity index (χ0v) is 19.7. The molecule has 9 heteroatoms. The van der Waals surface area contributed by atoms with Crippen molar-refractivity contribution in [1.82, 2.24) is 29.1 Å². The molecule has 0 aliphatic rings. The van der Waals surface area contributed by atoms with Gasteiger partial charge in [-0.25, -0.2) is 14.8 Å². The predicted molar refractivity (Wildman–Crippen MR) is 132 cm³/mol. The van der Waals surface area contributed by atoms with Gasteiger partial charge < -0.3 is 10.4 Å². The van der Waals surface area contributed by atoms with Crippen LogP contribution in [0.25, 0.3) is 38.8 Å². The van der Waals surface area contributed by atoms with Crippen molar-refractivity contribution in [2.45, 2.75) is 26.4 Å². The number of nitrogens with one attached hydrogen (secondary N) is 1. The Morgan fingerprint density at radius 2 is 1.74 bits per heavy atom. The molecule has 0 fully saturated rings. The molecule has 5 rings (SSSR count). The van der Waals surface area contributed by atoms with Crippen LogP contribution < -0.4 is 11.0 Å². The molecule has 4 heterocycles. The molecule has 0 unspecified atom stereocenters. The summed E-state index contributed by atoms with van der Waals surface area (Å²) in [5, 5.41) is 14.1. The van der Waals surface area contributed by atoms with E-state index in [2.05, 4.69) is 25.3 Å². The van der Waals surface area contributed by atoms with Crippen molar-refractivity contribution in [2.75, 3.05) is 12.4 Å². The van der Waals surface area contributed by atoms with Crippen LogP contribution >= 0.6 is 0 Å². The van der Waals surface area contributed by atoms with Gasteiger partial charge in [-0.1, -0.05) is 6.07 Å². The van der Waals surface area contributed by atoms with E-state index in [9.17, 15) is 9.90 Å². The van der Waals surface area contributed by atoms with Crippen molar-refractivity contribution in [2.24, 2.45) is 7.05 Å². The van der Waals surface area contributed by atoms with E-state index in [1.165, 1.54) is 0 Å². The Bertz CT molecular complexity index is 1610. The van der Waals surface area contributed by atoms with Crippen LogP contribution in [0.2, 0.25) is 0 Å². The molecule has 9 nitrogen and oxygen atoms in total. The second kappa shape index (κ2) is 7.74. The van der Waals surface area contributed by atoms with Gasteiger partial charge >= 0.3 is 5.69 Å². The van der Waals surface area contributed by atoms with Gasteiger partial charge in [0.2, 0.25) is 5.95 Å². The number of fused-ring (bicyclic) bond motifs is 3. The number of pyridine rings is 2.